The molecule has 0 fully saturated rings. The van der Waals surface area contributed by atoms with Gasteiger partial charge in [-0.1, -0.05) is 94.4 Å². The molecule has 128 valence electrons. The van der Waals surface area contributed by atoms with E-state index in [0.29, 0.717) is 4.37 Å². The van der Waals surface area contributed by atoms with E-state index in [0.717, 1.165) is 6.42 Å². The molecule has 1 unspecified atom stereocenters. The zero-order valence-electron chi connectivity index (χ0n) is 15.9. The lowest BCUT2D eigenvalue weighted by molar-refractivity contribution is 0.471. The van der Waals surface area contributed by atoms with E-state index in [9.17, 15) is 0 Å². The summed E-state index contributed by atoms with van der Waals surface area (Å²) in [6.45, 7) is 14.7. The Labute approximate surface area is 149 Å². The molecule has 0 aromatic heterocycles. The minimum absolute atomic E-state index is 0.233. The second-order valence-electron chi connectivity index (χ2n) is 8.41. The Bertz CT molecular complexity index is 543. The Morgan fingerprint density at radius 1 is 1.22 bits per heavy atom. The van der Waals surface area contributed by atoms with Crippen molar-refractivity contribution in [3.8, 4) is 0 Å². The van der Waals surface area contributed by atoms with Gasteiger partial charge in [0.05, 0.1) is 0 Å². The normalized spacial score (nSPS) is 24.8. The first kappa shape index (κ1) is 18.9. The van der Waals surface area contributed by atoms with Crippen LogP contribution < -0.4 is 0 Å². The molecule has 23 heavy (non-hydrogen) atoms. The first-order chi connectivity index (χ1) is 10.8. The molecule has 0 amide bonds. The number of allylic oxidation sites excluding steroid dienone is 7. The van der Waals surface area contributed by atoms with Crippen LogP contribution in [0.1, 0.15) is 53.4 Å². The van der Waals surface area contributed by atoms with Gasteiger partial charge in [-0.05, 0) is 30.4 Å². The molecule has 0 nitrogen and oxygen atoms in total. The topological polar surface area (TPSA) is 0 Å². The molecule has 0 heterocycles. The van der Waals surface area contributed by atoms with Gasteiger partial charge in [-0.15, -0.1) is 0 Å². The molecule has 0 N–H and O–H groups in total. The van der Waals surface area contributed by atoms with Crippen molar-refractivity contribution < 1.29 is 0 Å². The van der Waals surface area contributed by atoms with Crippen LogP contribution in [0.25, 0.3) is 0 Å². The molecule has 2 aliphatic rings. The molecule has 2 aliphatic carbocycles. The summed E-state index contributed by atoms with van der Waals surface area (Å²) in [5, 5.41) is 1.66. The molecule has 0 radical (unpaired) electrons. The van der Waals surface area contributed by atoms with Crippen molar-refractivity contribution in [3.05, 3.63) is 47.2 Å². The van der Waals surface area contributed by atoms with E-state index in [1.807, 2.05) is 0 Å². The van der Waals surface area contributed by atoms with Gasteiger partial charge in [0.15, 0.2) is 0 Å². The molecule has 0 spiro atoms. The van der Waals surface area contributed by atoms with Gasteiger partial charge in [0.2, 0.25) is 0 Å². The molecular weight excluding hydrogens is 312 g/mol. The van der Waals surface area contributed by atoms with Crippen LogP contribution in [0.4, 0.5) is 0 Å². The molecule has 0 aromatic rings. The summed E-state index contributed by atoms with van der Waals surface area (Å²) in [6, 6.07) is 0. The van der Waals surface area contributed by atoms with E-state index in [1.54, 1.807) is 10.8 Å². The summed E-state index contributed by atoms with van der Waals surface area (Å²) in [7, 11) is -1.62. The molecular formula is C21H34SSi. The fourth-order valence-electron chi connectivity index (χ4n) is 3.95. The Morgan fingerprint density at radius 3 is 2.52 bits per heavy atom. The predicted octanol–water partition coefficient (Wildman–Crippen LogP) is 6.86. The molecule has 0 saturated heterocycles. The van der Waals surface area contributed by atoms with Gasteiger partial charge < -0.3 is 0 Å². The average molecular weight is 347 g/mol. The van der Waals surface area contributed by atoms with E-state index in [-0.39, 0.29) is 5.41 Å². The van der Waals surface area contributed by atoms with Crippen LogP contribution in [0.3, 0.4) is 0 Å². The minimum atomic E-state index is -1.62. The van der Waals surface area contributed by atoms with Gasteiger partial charge in [0.1, 0.15) is 8.07 Å². The van der Waals surface area contributed by atoms with Crippen molar-refractivity contribution in [3.63, 3.8) is 0 Å². The second-order valence-corrected chi connectivity index (χ2v) is 14.9. The zero-order chi connectivity index (χ0) is 17.1. The molecule has 0 aromatic carbocycles. The molecule has 1 atom stereocenters. The van der Waals surface area contributed by atoms with Gasteiger partial charge in [-0.3, -0.25) is 0 Å². The van der Waals surface area contributed by atoms with E-state index in [1.165, 1.54) is 25.0 Å². The number of thioether (sulfide) groups is 1. The van der Waals surface area contributed by atoms with Crippen molar-refractivity contribution in [2.24, 2.45) is 5.41 Å². The molecule has 0 saturated carbocycles. The van der Waals surface area contributed by atoms with Gasteiger partial charge >= 0.3 is 0 Å². The number of hydrogen-bond donors (Lipinski definition) is 0. The highest BCUT2D eigenvalue weighted by Crippen LogP contribution is 2.54. The Hall–Kier alpha value is -0.473. The predicted molar refractivity (Wildman–Crippen MR) is 111 cm³/mol. The highest BCUT2D eigenvalue weighted by molar-refractivity contribution is 8.02. The van der Waals surface area contributed by atoms with Gasteiger partial charge in [-0.25, -0.2) is 0 Å². The standard InChI is InChI=1S/C21H34SSi/c1-7-8-17-22-21(23(5,6)18-13-9-10-14-18)16-12-11-15-19(21)20(2,3)4/h9,11-15H,7-8,10,16-17H2,1-6H3. The average Bonchev–Trinajstić information content (AvgIpc) is 3.01. The van der Waals surface area contributed by atoms with E-state index >= 15 is 0 Å². The fourth-order valence-corrected chi connectivity index (χ4v) is 11.0. The third kappa shape index (κ3) is 3.63. The Morgan fingerprint density at radius 2 is 1.96 bits per heavy atom. The Kier molecular flexibility index (Phi) is 5.89. The summed E-state index contributed by atoms with van der Waals surface area (Å²) < 4.78 is 0.301. The summed E-state index contributed by atoms with van der Waals surface area (Å²) in [4.78, 5) is 0. The maximum atomic E-state index is 2.60. The largest absolute Gasteiger partial charge is 0.153 e. The third-order valence-corrected chi connectivity index (χ3v) is 13.0. The Balaban J connectivity index is 2.50. The van der Waals surface area contributed by atoms with Crippen molar-refractivity contribution in [2.75, 3.05) is 5.75 Å². The first-order valence-electron chi connectivity index (χ1n) is 9.14. The summed E-state index contributed by atoms with van der Waals surface area (Å²) in [5.74, 6) is 1.28. The fraction of sp³-hybridized carbons (Fsp3) is 0.619. The third-order valence-electron chi connectivity index (χ3n) is 5.40. The summed E-state index contributed by atoms with van der Waals surface area (Å²) >= 11 is 2.27. The highest BCUT2D eigenvalue weighted by Gasteiger charge is 2.53. The van der Waals surface area contributed by atoms with Crippen molar-refractivity contribution in [1.82, 2.24) is 0 Å². The van der Waals surface area contributed by atoms with Crippen molar-refractivity contribution >= 4 is 19.8 Å². The van der Waals surface area contributed by atoms with Crippen LogP contribution in [0.5, 0.6) is 0 Å². The monoisotopic (exact) mass is 346 g/mol. The minimum Gasteiger partial charge on any atom is -0.153 e. The van der Waals surface area contributed by atoms with Crippen LogP contribution in [0, 0.1) is 5.41 Å². The van der Waals surface area contributed by atoms with Crippen LogP contribution >= 0.6 is 11.8 Å². The van der Waals surface area contributed by atoms with Gasteiger partial charge in [-0.2, -0.15) is 11.8 Å². The van der Waals surface area contributed by atoms with E-state index in [4.69, 9.17) is 0 Å². The zero-order valence-corrected chi connectivity index (χ0v) is 17.7. The molecule has 2 rings (SSSR count). The van der Waals surface area contributed by atoms with Crippen LogP contribution in [-0.2, 0) is 0 Å². The van der Waals surface area contributed by atoms with Crippen LogP contribution in [0.2, 0.25) is 13.1 Å². The maximum Gasteiger partial charge on any atom is 0.103 e. The van der Waals surface area contributed by atoms with Crippen molar-refractivity contribution in [2.45, 2.75) is 70.8 Å². The molecule has 2 heteroatoms. The first-order valence-corrected chi connectivity index (χ1v) is 13.1. The van der Waals surface area contributed by atoms with E-state index in [2.05, 4.69) is 89.0 Å². The lowest BCUT2D eigenvalue weighted by Crippen LogP contribution is -2.57. The van der Waals surface area contributed by atoms with Crippen LogP contribution in [0.15, 0.2) is 47.2 Å². The number of hydrogen-bond acceptors (Lipinski definition) is 1. The smallest absolute Gasteiger partial charge is 0.103 e. The SMILES string of the molecule is CCCCSC1([Si](C)(C)C2=CCC=C2)CC=CC=C1C(C)(C)C. The lowest BCUT2D eigenvalue weighted by Gasteiger charge is -2.52. The summed E-state index contributed by atoms with van der Waals surface area (Å²) in [5.41, 5.74) is 1.91. The lowest BCUT2D eigenvalue weighted by atomic mass is 9.81. The summed E-state index contributed by atoms with van der Waals surface area (Å²) in [6.07, 6.45) is 19.4. The second kappa shape index (κ2) is 7.19. The number of unbranched alkanes of at least 4 members (excludes halogenated alkanes) is 1. The number of rotatable bonds is 6. The van der Waals surface area contributed by atoms with Crippen molar-refractivity contribution in [1.29, 1.82) is 0 Å². The van der Waals surface area contributed by atoms with Crippen LogP contribution in [-0.4, -0.2) is 18.2 Å². The molecule has 0 aliphatic heterocycles. The highest BCUT2D eigenvalue weighted by atomic mass is 32.2. The van der Waals surface area contributed by atoms with E-state index < -0.39 is 8.07 Å². The van der Waals surface area contributed by atoms with Gasteiger partial charge in [0, 0.05) is 4.37 Å². The van der Waals surface area contributed by atoms with Gasteiger partial charge in [0.25, 0.3) is 0 Å². The maximum absolute atomic E-state index is 2.60. The quantitative estimate of drug-likeness (QED) is 0.374. The molecule has 0 bridgehead atoms.